The van der Waals surface area contributed by atoms with Gasteiger partial charge in [0.1, 0.15) is 0 Å². The van der Waals surface area contributed by atoms with Crippen LogP contribution in [0.3, 0.4) is 0 Å². The second kappa shape index (κ2) is 4.98. The van der Waals surface area contributed by atoms with E-state index in [1.165, 1.54) is 0 Å². The van der Waals surface area contributed by atoms with Gasteiger partial charge in [0.2, 0.25) is 0 Å². The zero-order chi connectivity index (χ0) is 3.58. The van der Waals surface area contributed by atoms with Crippen LogP contribution in [0.15, 0.2) is 12.5 Å². The van der Waals surface area contributed by atoms with Crippen LogP contribution in [0.25, 0.3) is 0 Å². The fourth-order valence-corrected chi connectivity index (χ4v) is 0. The molecule has 0 unspecified atom stereocenters. The molecule has 5 heavy (non-hydrogen) atoms. The summed E-state index contributed by atoms with van der Waals surface area (Å²) < 4.78 is 0. The van der Waals surface area contributed by atoms with E-state index in [9.17, 15) is 0 Å². The Morgan fingerprint density at radius 1 is 1.80 bits per heavy atom. The van der Waals surface area contributed by atoms with Gasteiger partial charge in [-0.1, -0.05) is 6.58 Å². The Morgan fingerprint density at radius 2 is 1.80 bits per heavy atom. The van der Waals surface area contributed by atoms with Gasteiger partial charge < -0.3 is 10.2 Å². The molecule has 0 aliphatic rings. The largest absolute Gasteiger partial charge is 1.00 e. The molecule has 24 valence electrons. The molecular weight excluding hydrogens is 95.1 g/mol. The van der Waals surface area contributed by atoms with Crippen LogP contribution >= 0.6 is 0 Å². The van der Waals surface area contributed by atoms with Crippen LogP contribution in [-0.4, -0.2) is 5.11 Å². The van der Waals surface area contributed by atoms with E-state index >= 15 is 0 Å². The SMILES string of the molecule is C=C([O-])O.[K+]. The molecule has 2 nitrogen and oxygen atoms in total. The van der Waals surface area contributed by atoms with Crippen molar-refractivity contribution in [2.45, 2.75) is 0 Å². The van der Waals surface area contributed by atoms with Gasteiger partial charge >= 0.3 is 51.4 Å². The van der Waals surface area contributed by atoms with Crippen molar-refractivity contribution >= 4 is 0 Å². The van der Waals surface area contributed by atoms with Crippen molar-refractivity contribution in [3.8, 4) is 0 Å². The molecule has 1 N–H and O–H groups in total. The number of hydrogen-bond donors (Lipinski definition) is 1. The monoisotopic (exact) mass is 98.0 g/mol. The maximum atomic E-state index is 8.89. The van der Waals surface area contributed by atoms with Crippen LogP contribution in [0.5, 0.6) is 0 Å². The number of hydrogen-bond acceptors (Lipinski definition) is 2. The van der Waals surface area contributed by atoms with Gasteiger partial charge in [-0.05, 0) is 0 Å². The van der Waals surface area contributed by atoms with Gasteiger partial charge in [-0.15, -0.1) is 0 Å². The van der Waals surface area contributed by atoms with E-state index in [0.717, 1.165) is 0 Å². The minimum absolute atomic E-state index is 0. The third kappa shape index (κ3) is 46.2. The first-order valence-corrected chi connectivity index (χ1v) is 0.781. The van der Waals surface area contributed by atoms with Crippen LogP contribution in [0.4, 0.5) is 0 Å². The Balaban J connectivity index is 0. The Hall–Kier alpha value is 0.976. The summed E-state index contributed by atoms with van der Waals surface area (Å²) in [5, 5.41) is 16.2. The number of aliphatic hydroxyl groups is 1. The quantitative estimate of drug-likeness (QED) is 0.251. The van der Waals surface area contributed by atoms with Gasteiger partial charge in [0, 0.05) is 5.95 Å². The van der Waals surface area contributed by atoms with Crippen molar-refractivity contribution in [3.05, 3.63) is 12.5 Å². The van der Waals surface area contributed by atoms with Gasteiger partial charge in [-0.25, -0.2) is 0 Å². The maximum absolute atomic E-state index is 8.89. The van der Waals surface area contributed by atoms with Crippen LogP contribution < -0.4 is 56.5 Å². The molecule has 0 aliphatic heterocycles. The molecule has 0 aromatic heterocycles. The van der Waals surface area contributed by atoms with Gasteiger partial charge in [0.25, 0.3) is 0 Å². The van der Waals surface area contributed by atoms with Crippen LogP contribution in [0, 0.1) is 0 Å². The average Bonchev–Trinajstić information content (AvgIpc) is 0.811. The molecular formula is C2H3KO2. The fourth-order valence-electron chi connectivity index (χ4n) is 0. The van der Waals surface area contributed by atoms with Crippen LogP contribution in [0.2, 0.25) is 0 Å². The fraction of sp³-hybridized carbons (Fsp3) is 0. The third-order valence-electron chi connectivity index (χ3n) is 0. The molecule has 0 rings (SSSR count). The van der Waals surface area contributed by atoms with E-state index in [1.807, 2.05) is 0 Å². The summed E-state index contributed by atoms with van der Waals surface area (Å²) in [6.07, 6.45) is 0. The normalized spacial score (nSPS) is 4.80. The molecule has 0 saturated heterocycles. The molecule has 0 aromatic carbocycles. The van der Waals surface area contributed by atoms with Crippen molar-refractivity contribution in [1.29, 1.82) is 0 Å². The molecule has 0 fully saturated rings. The summed E-state index contributed by atoms with van der Waals surface area (Å²) in [4.78, 5) is 0. The molecule has 0 radical (unpaired) electrons. The van der Waals surface area contributed by atoms with E-state index in [-0.39, 0.29) is 51.4 Å². The van der Waals surface area contributed by atoms with Gasteiger partial charge in [0.15, 0.2) is 0 Å². The van der Waals surface area contributed by atoms with Crippen molar-refractivity contribution in [3.63, 3.8) is 0 Å². The molecule has 0 atom stereocenters. The second-order valence-electron chi connectivity index (χ2n) is 0.394. The average molecular weight is 98.1 g/mol. The van der Waals surface area contributed by atoms with Crippen LogP contribution in [0.1, 0.15) is 0 Å². The van der Waals surface area contributed by atoms with Crippen molar-refractivity contribution in [2.75, 3.05) is 0 Å². The minimum atomic E-state index is -1.08. The summed E-state index contributed by atoms with van der Waals surface area (Å²) in [6, 6.07) is 0. The molecule has 0 heterocycles. The molecule has 0 aromatic rings. The topological polar surface area (TPSA) is 43.3 Å². The van der Waals surface area contributed by atoms with Crippen molar-refractivity contribution in [2.24, 2.45) is 0 Å². The molecule has 0 amide bonds. The molecule has 0 saturated carbocycles. The zero-order valence-electron chi connectivity index (χ0n) is 3.06. The molecule has 0 spiro atoms. The first-order valence-electron chi connectivity index (χ1n) is 0.781. The van der Waals surface area contributed by atoms with E-state index in [2.05, 4.69) is 6.58 Å². The van der Waals surface area contributed by atoms with Gasteiger partial charge in [0.05, 0.1) is 0 Å². The van der Waals surface area contributed by atoms with Gasteiger partial charge in [-0.2, -0.15) is 0 Å². The van der Waals surface area contributed by atoms with Gasteiger partial charge in [-0.3, -0.25) is 0 Å². The van der Waals surface area contributed by atoms with E-state index in [0.29, 0.717) is 0 Å². The smallest absolute Gasteiger partial charge is 0.630 e. The first kappa shape index (κ1) is 9.36. The summed E-state index contributed by atoms with van der Waals surface area (Å²) in [6.45, 7) is 2.56. The van der Waals surface area contributed by atoms with E-state index in [4.69, 9.17) is 10.2 Å². The number of aliphatic hydroxyl groups excluding tert-OH is 1. The summed E-state index contributed by atoms with van der Waals surface area (Å²) >= 11 is 0. The zero-order valence-corrected chi connectivity index (χ0v) is 6.19. The standard InChI is InChI=1S/C2H4O2.K/c1-2(3)4;/h3-4H,1H2;/q;+1/p-1. The van der Waals surface area contributed by atoms with E-state index in [1.54, 1.807) is 0 Å². The summed E-state index contributed by atoms with van der Waals surface area (Å²) in [5.41, 5.74) is 0. The van der Waals surface area contributed by atoms with Crippen molar-refractivity contribution < 1.29 is 61.6 Å². The van der Waals surface area contributed by atoms with Crippen LogP contribution in [-0.2, 0) is 0 Å². The minimum Gasteiger partial charge on any atom is -0.630 e. The predicted molar refractivity (Wildman–Crippen MR) is 11.8 cm³/mol. The maximum Gasteiger partial charge on any atom is 1.00 e. The molecule has 3 heteroatoms. The number of rotatable bonds is 0. The second-order valence-corrected chi connectivity index (χ2v) is 0.394. The predicted octanol–water partition coefficient (Wildman–Crippen LogP) is -3.62. The Kier molecular flexibility index (Phi) is 9.32. The van der Waals surface area contributed by atoms with Crippen molar-refractivity contribution in [1.82, 2.24) is 0 Å². The third-order valence-corrected chi connectivity index (χ3v) is 0. The van der Waals surface area contributed by atoms with E-state index < -0.39 is 5.95 Å². The Bertz CT molecular complexity index is 30.6. The Labute approximate surface area is 72.9 Å². The first-order chi connectivity index (χ1) is 1.73. The molecule has 0 aliphatic carbocycles. The molecule has 0 bridgehead atoms. The Morgan fingerprint density at radius 3 is 1.80 bits per heavy atom. The summed E-state index contributed by atoms with van der Waals surface area (Å²) in [7, 11) is 0. The summed E-state index contributed by atoms with van der Waals surface area (Å²) in [5.74, 6) is -1.08.